The van der Waals surface area contributed by atoms with Gasteiger partial charge < -0.3 is 20.3 Å². The van der Waals surface area contributed by atoms with Gasteiger partial charge in [-0.15, -0.1) is 0 Å². The zero-order chi connectivity index (χ0) is 22.1. The summed E-state index contributed by atoms with van der Waals surface area (Å²) in [7, 11) is 0. The highest BCUT2D eigenvalue weighted by atomic mass is 19.4. The molecule has 1 aliphatic rings. The van der Waals surface area contributed by atoms with Crippen LogP contribution in [0.1, 0.15) is 25.3 Å². The number of para-hydroxylation sites is 1. The molecule has 0 saturated carbocycles. The molecule has 6 nitrogen and oxygen atoms in total. The standard InChI is InChI=1S/C22H28F3N5O/c1-2-26-21(28-13-16-31-19-8-4-3-7-18(19)22(23,24)25)29-17-10-14-30(15-11-17)20-9-5-6-12-27-20/h3-9,12,17H,2,10-11,13-16H2,1H3,(H2,26,28,29). The molecule has 1 saturated heterocycles. The summed E-state index contributed by atoms with van der Waals surface area (Å²) < 4.78 is 44.5. The third kappa shape index (κ3) is 6.77. The summed E-state index contributed by atoms with van der Waals surface area (Å²) in [4.78, 5) is 11.1. The van der Waals surface area contributed by atoms with Crippen LogP contribution in [-0.2, 0) is 6.18 Å². The Balaban J connectivity index is 1.49. The number of rotatable bonds is 7. The maximum absolute atomic E-state index is 13.0. The van der Waals surface area contributed by atoms with E-state index in [0.717, 1.165) is 37.8 Å². The molecule has 0 bridgehead atoms. The van der Waals surface area contributed by atoms with E-state index in [0.29, 0.717) is 12.5 Å². The highest BCUT2D eigenvalue weighted by molar-refractivity contribution is 5.80. The first-order valence-electron chi connectivity index (χ1n) is 10.5. The summed E-state index contributed by atoms with van der Waals surface area (Å²) in [6.07, 6.45) is -0.766. The number of alkyl halides is 3. The molecule has 1 fully saturated rings. The highest BCUT2D eigenvalue weighted by Gasteiger charge is 2.33. The topological polar surface area (TPSA) is 61.8 Å². The lowest BCUT2D eigenvalue weighted by molar-refractivity contribution is -0.138. The largest absolute Gasteiger partial charge is 0.491 e. The molecule has 31 heavy (non-hydrogen) atoms. The Morgan fingerprint density at radius 3 is 2.58 bits per heavy atom. The van der Waals surface area contributed by atoms with E-state index in [-0.39, 0.29) is 24.9 Å². The first kappa shape index (κ1) is 22.7. The first-order chi connectivity index (χ1) is 15.0. The third-order valence-electron chi connectivity index (χ3n) is 4.96. The molecule has 1 aliphatic heterocycles. The molecule has 3 rings (SSSR count). The molecular weight excluding hydrogens is 407 g/mol. The molecular formula is C22H28F3N5O. The lowest BCUT2D eigenvalue weighted by Gasteiger charge is -2.33. The molecule has 0 radical (unpaired) electrons. The Hall–Kier alpha value is -2.97. The quantitative estimate of drug-likeness (QED) is 0.395. The zero-order valence-electron chi connectivity index (χ0n) is 17.5. The van der Waals surface area contributed by atoms with Gasteiger partial charge in [0.25, 0.3) is 0 Å². The van der Waals surface area contributed by atoms with Gasteiger partial charge in [-0.2, -0.15) is 13.2 Å². The van der Waals surface area contributed by atoms with Crippen molar-refractivity contribution < 1.29 is 17.9 Å². The van der Waals surface area contributed by atoms with Crippen molar-refractivity contribution in [1.82, 2.24) is 15.6 Å². The SMILES string of the molecule is CCNC(=NCCOc1ccccc1C(F)(F)F)NC1CCN(c2ccccn2)CC1. The molecule has 2 heterocycles. The van der Waals surface area contributed by atoms with E-state index in [4.69, 9.17) is 4.74 Å². The molecule has 0 atom stereocenters. The van der Waals surface area contributed by atoms with Crippen molar-refractivity contribution in [2.24, 2.45) is 4.99 Å². The summed E-state index contributed by atoms with van der Waals surface area (Å²) in [5.41, 5.74) is -0.774. The van der Waals surface area contributed by atoms with Crippen molar-refractivity contribution in [1.29, 1.82) is 0 Å². The van der Waals surface area contributed by atoms with Crippen LogP contribution in [0.3, 0.4) is 0 Å². The summed E-state index contributed by atoms with van der Waals surface area (Å²) in [6.45, 7) is 4.75. The summed E-state index contributed by atoms with van der Waals surface area (Å²) in [5, 5.41) is 6.60. The van der Waals surface area contributed by atoms with Gasteiger partial charge in [0.2, 0.25) is 0 Å². The second-order valence-electron chi connectivity index (χ2n) is 7.20. The van der Waals surface area contributed by atoms with Crippen molar-refractivity contribution in [2.45, 2.75) is 32.0 Å². The molecule has 0 spiro atoms. The Morgan fingerprint density at radius 1 is 1.16 bits per heavy atom. The van der Waals surface area contributed by atoms with E-state index in [1.165, 1.54) is 18.2 Å². The van der Waals surface area contributed by atoms with Gasteiger partial charge in [-0.3, -0.25) is 0 Å². The van der Waals surface area contributed by atoms with E-state index in [1.807, 2.05) is 25.1 Å². The fourth-order valence-corrected chi connectivity index (χ4v) is 3.45. The van der Waals surface area contributed by atoms with Gasteiger partial charge in [0, 0.05) is 31.9 Å². The van der Waals surface area contributed by atoms with E-state index in [9.17, 15) is 13.2 Å². The number of halogens is 3. The molecule has 1 aromatic carbocycles. The van der Waals surface area contributed by atoms with Crippen LogP contribution in [0, 0.1) is 0 Å². The summed E-state index contributed by atoms with van der Waals surface area (Å²) >= 11 is 0. The predicted octanol–water partition coefficient (Wildman–Crippen LogP) is 3.70. The summed E-state index contributed by atoms with van der Waals surface area (Å²) in [5.74, 6) is 1.45. The third-order valence-corrected chi connectivity index (χ3v) is 4.96. The number of guanidine groups is 1. The number of aromatic nitrogens is 1. The van der Waals surface area contributed by atoms with Gasteiger partial charge in [0.05, 0.1) is 12.1 Å². The number of anilines is 1. The van der Waals surface area contributed by atoms with Crippen LogP contribution in [0.4, 0.5) is 19.0 Å². The number of hydrogen-bond donors (Lipinski definition) is 2. The minimum Gasteiger partial charge on any atom is -0.491 e. The predicted molar refractivity (Wildman–Crippen MR) is 116 cm³/mol. The minimum atomic E-state index is -4.44. The maximum Gasteiger partial charge on any atom is 0.419 e. The van der Waals surface area contributed by atoms with E-state index < -0.39 is 11.7 Å². The molecule has 2 N–H and O–H groups in total. The number of pyridine rings is 1. The van der Waals surface area contributed by atoms with Crippen LogP contribution in [0.2, 0.25) is 0 Å². The van der Waals surface area contributed by atoms with Crippen LogP contribution < -0.4 is 20.3 Å². The van der Waals surface area contributed by atoms with Crippen LogP contribution in [0.25, 0.3) is 0 Å². The lowest BCUT2D eigenvalue weighted by Crippen LogP contribution is -2.49. The summed E-state index contributed by atoms with van der Waals surface area (Å²) in [6, 6.07) is 11.4. The molecule has 1 aromatic heterocycles. The normalized spacial score (nSPS) is 15.6. The molecule has 2 aromatic rings. The van der Waals surface area contributed by atoms with Crippen LogP contribution in [0.15, 0.2) is 53.7 Å². The van der Waals surface area contributed by atoms with Crippen LogP contribution in [-0.4, -0.2) is 49.8 Å². The molecule has 0 unspecified atom stereocenters. The van der Waals surface area contributed by atoms with Crippen LogP contribution >= 0.6 is 0 Å². The molecule has 168 valence electrons. The number of benzene rings is 1. The van der Waals surface area contributed by atoms with Gasteiger partial charge in [-0.25, -0.2) is 9.98 Å². The monoisotopic (exact) mass is 435 g/mol. The van der Waals surface area contributed by atoms with Crippen molar-refractivity contribution in [3.8, 4) is 5.75 Å². The van der Waals surface area contributed by atoms with Crippen molar-refractivity contribution in [3.05, 3.63) is 54.2 Å². The zero-order valence-corrected chi connectivity index (χ0v) is 17.5. The first-order valence-corrected chi connectivity index (χ1v) is 10.5. The molecule has 0 aliphatic carbocycles. The van der Waals surface area contributed by atoms with Crippen molar-refractivity contribution in [2.75, 3.05) is 37.7 Å². The van der Waals surface area contributed by atoms with Gasteiger partial charge >= 0.3 is 6.18 Å². The van der Waals surface area contributed by atoms with Crippen LogP contribution in [0.5, 0.6) is 5.75 Å². The average molecular weight is 435 g/mol. The number of piperidine rings is 1. The number of aliphatic imine (C=N–C) groups is 1. The fourth-order valence-electron chi connectivity index (χ4n) is 3.45. The average Bonchev–Trinajstić information content (AvgIpc) is 2.77. The maximum atomic E-state index is 13.0. The Morgan fingerprint density at radius 2 is 1.90 bits per heavy atom. The van der Waals surface area contributed by atoms with Gasteiger partial charge in [0.15, 0.2) is 5.96 Å². The highest BCUT2D eigenvalue weighted by Crippen LogP contribution is 2.35. The van der Waals surface area contributed by atoms with E-state index >= 15 is 0 Å². The number of nitrogens with zero attached hydrogens (tertiary/aromatic N) is 3. The van der Waals surface area contributed by atoms with Crippen molar-refractivity contribution >= 4 is 11.8 Å². The number of ether oxygens (including phenoxy) is 1. The Kier molecular flexibility index (Phi) is 7.97. The van der Waals surface area contributed by atoms with E-state index in [1.54, 1.807) is 6.20 Å². The smallest absolute Gasteiger partial charge is 0.419 e. The van der Waals surface area contributed by atoms with Gasteiger partial charge in [0.1, 0.15) is 18.2 Å². The second-order valence-corrected chi connectivity index (χ2v) is 7.20. The van der Waals surface area contributed by atoms with Gasteiger partial charge in [-0.05, 0) is 44.0 Å². The number of hydrogen-bond acceptors (Lipinski definition) is 4. The Labute approximate surface area is 180 Å². The van der Waals surface area contributed by atoms with Gasteiger partial charge in [-0.1, -0.05) is 18.2 Å². The lowest BCUT2D eigenvalue weighted by atomic mass is 10.1. The van der Waals surface area contributed by atoms with E-state index in [2.05, 4.69) is 25.5 Å². The Bertz CT molecular complexity index is 837. The second kappa shape index (κ2) is 10.9. The molecule has 0 amide bonds. The fraction of sp³-hybridized carbons (Fsp3) is 0.455. The van der Waals surface area contributed by atoms with Crippen molar-refractivity contribution in [3.63, 3.8) is 0 Å². The molecule has 9 heteroatoms. The number of nitrogens with one attached hydrogen (secondary N) is 2. The minimum absolute atomic E-state index is 0.0573.